The number of nitrogens with two attached hydrogens (primary N) is 1. The average molecular weight is 381 g/mol. The molecular weight excluding hydrogens is 358 g/mol. The molecule has 3 rings (SSSR count). The molecule has 2 aromatic rings. The molecule has 9 nitrogen and oxygen atoms in total. The first-order chi connectivity index (χ1) is 12.5. The van der Waals surface area contributed by atoms with Crippen LogP contribution in [0.15, 0.2) is 12.7 Å². The first-order valence-electron chi connectivity index (χ1n) is 8.57. The highest BCUT2D eigenvalue weighted by Crippen LogP contribution is 2.32. The quantitative estimate of drug-likeness (QED) is 0.563. The van der Waals surface area contributed by atoms with Crippen LogP contribution in [0.25, 0.3) is 11.2 Å². The van der Waals surface area contributed by atoms with Crippen molar-refractivity contribution in [2.45, 2.75) is 50.7 Å². The number of nitrogens with zero attached hydrogens (tertiary/aromatic N) is 4. The zero-order valence-electron chi connectivity index (χ0n) is 14.5. The first-order valence-corrected chi connectivity index (χ1v) is 8.97. The van der Waals surface area contributed by atoms with Crippen LogP contribution < -0.4 is 5.73 Å². The Hall–Kier alpha value is -1.72. The molecule has 0 aromatic carbocycles. The van der Waals surface area contributed by atoms with Crippen molar-refractivity contribution in [2.24, 2.45) is 0 Å². The number of hydrogen-bond donors (Lipinski definition) is 3. The maximum absolute atomic E-state index is 10.4. The molecule has 2 aromatic heterocycles. The van der Waals surface area contributed by atoms with Crippen LogP contribution in [0, 0.1) is 0 Å². The summed E-state index contributed by atoms with van der Waals surface area (Å²) >= 11 is 5.25. The van der Waals surface area contributed by atoms with Gasteiger partial charge in [0.1, 0.15) is 30.2 Å². The second kappa shape index (κ2) is 8.31. The van der Waals surface area contributed by atoms with Gasteiger partial charge >= 0.3 is 0 Å². The second-order valence-corrected chi connectivity index (χ2v) is 6.86. The summed E-state index contributed by atoms with van der Waals surface area (Å²) in [6.45, 7) is 2.57. The molecule has 10 heteroatoms. The van der Waals surface area contributed by atoms with Crippen molar-refractivity contribution in [3.63, 3.8) is 0 Å². The van der Waals surface area contributed by atoms with Crippen LogP contribution in [-0.2, 0) is 9.47 Å². The Labute approximate surface area is 156 Å². The van der Waals surface area contributed by atoms with E-state index in [1.165, 1.54) is 17.2 Å². The van der Waals surface area contributed by atoms with E-state index in [2.05, 4.69) is 21.9 Å². The number of nitrogen functional groups attached to an aromatic ring is 1. The lowest BCUT2D eigenvalue weighted by Crippen LogP contribution is -2.34. The van der Waals surface area contributed by atoms with Crippen LogP contribution >= 0.6 is 12.2 Å². The fourth-order valence-electron chi connectivity index (χ4n) is 2.89. The summed E-state index contributed by atoms with van der Waals surface area (Å²) in [6.07, 6.45) is 1.95. The number of fused-ring (bicyclic) bond motifs is 1. The standard InChI is InChI=1S/C16H23N5O4S/c1-2-3-4-9(26)5-24-6-10-12(22)13(23)16(25-10)21-8-20-11-14(17)18-7-19-15(11)21/h7-8,10,12-13,16,22-23H,2-6H2,1H3,(H2,17,18,19)/t10-,12-,13-,16-/m1/s1. The van der Waals surface area contributed by atoms with Crippen LogP contribution in [0.4, 0.5) is 5.82 Å². The topological polar surface area (TPSA) is 129 Å². The number of aromatic nitrogens is 4. The molecule has 142 valence electrons. The van der Waals surface area contributed by atoms with E-state index < -0.39 is 24.5 Å². The van der Waals surface area contributed by atoms with E-state index in [1.54, 1.807) is 0 Å². The van der Waals surface area contributed by atoms with Gasteiger partial charge in [0.2, 0.25) is 0 Å². The Bertz CT molecular complexity index is 770. The van der Waals surface area contributed by atoms with Gasteiger partial charge in [-0.05, 0) is 12.8 Å². The van der Waals surface area contributed by atoms with Gasteiger partial charge in [-0.3, -0.25) is 4.57 Å². The third kappa shape index (κ3) is 3.84. The van der Waals surface area contributed by atoms with Crippen LogP contribution in [0.1, 0.15) is 32.4 Å². The Kier molecular flexibility index (Phi) is 6.09. The molecule has 0 spiro atoms. The van der Waals surface area contributed by atoms with Crippen molar-refractivity contribution in [1.82, 2.24) is 19.5 Å². The molecule has 4 atom stereocenters. The highest BCUT2D eigenvalue weighted by atomic mass is 32.1. The lowest BCUT2D eigenvalue weighted by atomic mass is 10.1. The zero-order valence-corrected chi connectivity index (χ0v) is 15.3. The van der Waals surface area contributed by atoms with Crippen LogP contribution in [0.3, 0.4) is 0 Å². The Morgan fingerprint density at radius 1 is 1.35 bits per heavy atom. The number of rotatable bonds is 8. The molecule has 0 aliphatic carbocycles. The largest absolute Gasteiger partial charge is 0.387 e. The molecule has 1 aliphatic heterocycles. The predicted octanol–water partition coefficient (Wildman–Crippen LogP) is 0.604. The van der Waals surface area contributed by atoms with Gasteiger partial charge < -0.3 is 25.4 Å². The summed E-state index contributed by atoms with van der Waals surface area (Å²) in [6, 6.07) is 0. The van der Waals surface area contributed by atoms with E-state index in [4.69, 9.17) is 27.4 Å². The highest BCUT2D eigenvalue weighted by molar-refractivity contribution is 7.80. The SMILES string of the molecule is CCCCC(=S)COC[C@H]1O[C@@H](n2cnc3c(N)ncnc32)[C@H](O)[C@@H]1O. The number of hydrogen-bond acceptors (Lipinski definition) is 9. The minimum atomic E-state index is -1.15. The van der Waals surface area contributed by atoms with E-state index in [0.717, 1.165) is 24.1 Å². The number of anilines is 1. The van der Waals surface area contributed by atoms with Gasteiger partial charge in [0.25, 0.3) is 0 Å². The molecule has 0 bridgehead atoms. The van der Waals surface area contributed by atoms with Gasteiger partial charge in [-0.2, -0.15) is 0 Å². The van der Waals surface area contributed by atoms with Crippen molar-refractivity contribution < 1.29 is 19.7 Å². The number of aliphatic hydroxyl groups excluding tert-OH is 2. The van der Waals surface area contributed by atoms with E-state index in [-0.39, 0.29) is 12.4 Å². The Morgan fingerprint density at radius 2 is 2.15 bits per heavy atom. The van der Waals surface area contributed by atoms with Crippen LogP contribution in [0.2, 0.25) is 0 Å². The summed E-state index contributed by atoms with van der Waals surface area (Å²) < 4.78 is 12.9. The summed E-state index contributed by atoms with van der Waals surface area (Å²) in [7, 11) is 0. The van der Waals surface area contributed by atoms with Crippen LogP contribution in [-0.4, -0.2) is 66.1 Å². The minimum absolute atomic E-state index is 0.130. The number of aliphatic hydroxyl groups is 2. The Balaban J connectivity index is 1.64. The molecule has 1 saturated heterocycles. The Morgan fingerprint density at radius 3 is 2.92 bits per heavy atom. The number of thiocarbonyl (C=S) groups is 1. The van der Waals surface area contributed by atoms with Crippen molar-refractivity contribution >= 4 is 34.1 Å². The molecule has 0 saturated carbocycles. The van der Waals surface area contributed by atoms with Gasteiger partial charge in [-0.25, -0.2) is 15.0 Å². The monoisotopic (exact) mass is 381 g/mol. The van der Waals surface area contributed by atoms with Gasteiger partial charge in [0, 0.05) is 4.86 Å². The molecule has 0 radical (unpaired) electrons. The summed E-state index contributed by atoms with van der Waals surface area (Å²) in [5.74, 6) is 0.238. The van der Waals surface area contributed by atoms with E-state index in [0.29, 0.717) is 17.8 Å². The average Bonchev–Trinajstić information content (AvgIpc) is 3.17. The van der Waals surface area contributed by atoms with Gasteiger partial charge in [0.05, 0.1) is 19.5 Å². The number of ether oxygens (including phenoxy) is 2. The van der Waals surface area contributed by atoms with Crippen molar-refractivity contribution in [2.75, 3.05) is 18.9 Å². The lowest BCUT2D eigenvalue weighted by Gasteiger charge is -2.16. The fourth-order valence-corrected chi connectivity index (χ4v) is 3.12. The highest BCUT2D eigenvalue weighted by Gasteiger charge is 2.44. The molecule has 1 fully saturated rings. The normalized spacial score (nSPS) is 25.8. The van der Waals surface area contributed by atoms with Gasteiger partial charge in [-0.15, -0.1) is 0 Å². The molecule has 26 heavy (non-hydrogen) atoms. The molecular formula is C16H23N5O4S. The second-order valence-electron chi connectivity index (χ2n) is 6.29. The third-order valence-corrected chi connectivity index (χ3v) is 4.67. The van der Waals surface area contributed by atoms with Crippen LogP contribution in [0.5, 0.6) is 0 Å². The minimum Gasteiger partial charge on any atom is -0.387 e. The maximum Gasteiger partial charge on any atom is 0.167 e. The van der Waals surface area contributed by atoms with Crippen molar-refractivity contribution in [3.8, 4) is 0 Å². The zero-order chi connectivity index (χ0) is 18.7. The maximum atomic E-state index is 10.4. The first kappa shape index (κ1) is 19.1. The van der Waals surface area contributed by atoms with E-state index in [9.17, 15) is 10.2 Å². The van der Waals surface area contributed by atoms with E-state index in [1.807, 2.05) is 0 Å². The predicted molar refractivity (Wildman–Crippen MR) is 98.6 cm³/mol. The lowest BCUT2D eigenvalue weighted by molar-refractivity contribution is -0.0609. The summed E-state index contributed by atoms with van der Waals surface area (Å²) in [4.78, 5) is 13.0. The smallest absolute Gasteiger partial charge is 0.167 e. The molecule has 3 heterocycles. The van der Waals surface area contributed by atoms with Crippen molar-refractivity contribution in [1.29, 1.82) is 0 Å². The molecule has 1 aliphatic rings. The van der Waals surface area contributed by atoms with Gasteiger partial charge in [0.15, 0.2) is 17.7 Å². The fraction of sp³-hybridized carbons (Fsp3) is 0.625. The van der Waals surface area contributed by atoms with Gasteiger partial charge in [-0.1, -0.05) is 25.6 Å². The number of imidazole rings is 1. The number of unbranched alkanes of at least 4 members (excludes halogenated alkanes) is 1. The molecule has 0 amide bonds. The van der Waals surface area contributed by atoms with Crippen molar-refractivity contribution in [3.05, 3.63) is 12.7 Å². The molecule has 4 N–H and O–H groups in total. The molecule has 0 unspecified atom stereocenters. The summed E-state index contributed by atoms with van der Waals surface area (Å²) in [5, 5.41) is 20.7. The summed E-state index contributed by atoms with van der Waals surface area (Å²) in [5.41, 5.74) is 6.62. The third-order valence-electron chi connectivity index (χ3n) is 4.35. The van der Waals surface area contributed by atoms with E-state index >= 15 is 0 Å².